The molecule has 4 N–H and O–H groups in total. The number of hydrogen-bond acceptors (Lipinski definition) is 7. The van der Waals surface area contributed by atoms with Crippen molar-refractivity contribution >= 4 is 34.3 Å². The van der Waals surface area contributed by atoms with E-state index in [1.807, 2.05) is 10.9 Å². The molecule has 4 aromatic rings. The molecule has 0 saturated heterocycles. The van der Waals surface area contributed by atoms with Crippen LogP contribution in [0.1, 0.15) is 65.8 Å². The highest BCUT2D eigenvalue weighted by Gasteiger charge is 2.50. The molecule has 3 aliphatic rings. The highest BCUT2D eigenvalue weighted by molar-refractivity contribution is 6.31. The number of nitrogens with zero attached hydrogens (tertiary/aromatic N) is 3. The number of alkyl halides is 3. The lowest BCUT2D eigenvalue weighted by Crippen LogP contribution is -2.44. The fraction of sp³-hybridized carbons (Fsp3) is 0.394. The zero-order chi connectivity index (χ0) is 33.5. The number of fused-ring (bicyclic) bond motifs is 2. The number of primary amides is 1. The largest absolute Gasteiger partial charge is 0.494 e. The summed E-state index contributed by atoms with van der Waals surface area (Å²) in [4.78, 5) is 30.8. The van der Waals surface area contributed by atoms with Crippen molar-refractivity contribution in [3.05, 3.63) is 70.0 Å². The van der Waals surface area contributed by atoms with E-state index in [0.717, 1.165) is 30.4 Å². The molecular formula is C33H31ClF3N5O5. The lowest BCUT2D eigenvalue weighted by molar-refractivity contribution is -0.137. The lowest BCUT2D eigenvalue weighted by atomic mass is 9.81. The predicted octanol–water partition coefficient (Wildman–Crippen LogP) is 5.28. The Morgan fingerprint density at radius 1 is 1.17 bits per heavy atom. The summed E-state index contributed by atoms with van der Waals surface area (Å²) in [6.45, 7) is 1.10. The van der Waals surface area contributed by atoms with Gasteiger partial charge in [0.2, 0.25) is 5.91 Å². The van der Waals surface area contributed by atoms with Crippen molar-refractivity contribution in [1.29, 1.82) is 0 Å². The van der Waals surface area contributed by atoms with Crippen molar-refractivity contribution in [3.8, 4) is 22.8 Å². The van der Waals surface area contributed by atoms with E-state index < -0.39 is 34.6 Å². The normalized spacial score (nSPS) is 20.4. The molecule has 1 aliphatic heterocycles. The number of aliphatic hydroxyl groups is 1. The van der Waals surface area contributed by atoms with Gasteiger partial charge in [0.15, 0.2) is 0 Å². The maximum Gasteiger partial charge on any atom is 0.416 e. The number of ether oxygens (including phenoxy) is 2. The van der Waals surface area contributed by atoms with Crippen molar-refractivity contribution in [2.75, 3.05) is 20.3 Å². The van der Waals surface area contributed by atoms with Gasteiger partial charge in [0.05, 0.1) is 31.0 Å². The number of pyridine rings is 1. The van der Waals surface area contributed by atoms with Crippen LogP contribution in [-0.4, -0.2) is 51.9 Å². The van der Waals surface area contributed by atoms with Crippen LogP contribution in [-0.2, 0) is 22.0 Å². The van der Waals surface area contributed by atoms with Crippen LogP contribution in [0.2, 0.25) is 5.02 Å². The summed E-state index contributed by atoms with van der Waals surface area (Å²) in [7, 11) is 1.50. The first kappa shape index (κ1) is 31.3. The van der Waals surface area contributed by atoms with Gasteiger partial charge in [-0.1, -0.05) is 11.6 Å². The maximum absolute atomic E-state index is 13.8. The van der Waals surface area contributed by atoms with Gasteiger partial charge in [0.25, 0.3) is 5.91 Å². The fourth-order valence-electron chi connectivity index (χ4n) is 6.15. The minimum atomic E-state index is -4.70. The second-order valence-electron chi connectivity index (χ2n) is 12.8. The minimum Gasteiger partial charge on any atom is -0.494 e. The molecule has 2 amide bonds. The highest BCUT2D eigenvalue weighted by atomic mass is 35.5. The summed E-state index contributed by atoms with van der Waals surface area (Å²) in [6, 6.07) is 8.09. The molecule has 7 rings (SSSR count). The van der Waals surface area contributed by atoms with Crippen LogP contribution in [0.4, 0.5) is 13.2 Å². The second kappa shape index (κ2) is 10.8. The van der Waals surface area contributed by atoms with Crippen molar-refractivity contribution in [1.82, 2.24) is 20.1 Å². The van der Waals surface area contributed by atoms with E-state index in [2.05, 4.69) is 15.4 Å². The number of carbonyl (C=O) groups excluding carboxylic acids is 2. The second-order valence-corrected chi connectivity index (χ2v) is 13.2. The average molecular weight is 670 g/mol. The number of nitrogens with one attached hydrogen (secondary N) is 1. The minimum absolute atomic E-state index is 0.0223. The van der Waals surface area contributed by atoms with Gasteiger partial charge in [-0.05, 0) is 74.9 Å². The van der Waals surface area contributed by atoms with E-state index in [-0.39, 0.29) is 52.4 Å². The average Bonchev–Trinajstić information content (AvgIpc) is 3.97. The molecule has 2 saturated carbocycles. The van der Waals surface area contributed by atoms with E-state index in [0.29, 0.717) is 35.7 Å². The first-order valence-electron chi connectivity index (χ1n) is 15.2. The highest BCUT2D eigenvalue weighted by Crippen LogP contribution is 2.50. The molecule has 246 valence electrons. The Labute approximate surface area is 272 Å². The first-order valence-corrected chi connectivity index (χ1v) is 15.5. The number of hydrogen-bond donors (Lipinski definition) is 3. The number of halogens is 4. The third-order valence-electron chi connectivity index (χ3n) is 9.32. The van der Waals surface area contributed by atoms with E-state index in [9.17, 15) is 27.9 Å². The maximum atomic E-state index is 13.8. The van der Waals surface area contributed by atoms with E-state index in [1.165, 1.54) is 19.2 Å². The molecule has 14 heteroatoms. The summed E-state index contributed by atoms with van der Waals surface area (Å²) in [5, 5.41) is 20.2. The molecule has 0 unspecified atom stereocenters. The molecule has 2 aromatic carbocycles. The molecule has 0 bridgehead atoms. The van der Waals surface area contributed by atoms with Gasteiger partial charge in [-0.3, -0.25) is 14.3 Å². The number of rotatable bonds is 9. The summed E-state index contributed by atoms with van der Waals surface area (Å²) in [5.74, 6) is -1.04. The Bertz CT molecular complexity index is 1960. The summed E-state index contributed by atoms with van der Waals surface area (Å²) in [5.41, 5.74) is 2.84. The van der Waals surface area contributed by atoms with Crippen LogP contribution in [0.5, 0.6) is 11.5 Å². The number of amides is 2. The quantitative estimate of drug-likeness (QED) is 0.220. The van der Waals surface area contributed by atoms with Crippen LogP contribution >= 0.6 is 11.6 Å². The smallest absolute Gasteiger partial charge is 0.416 e. The number of benzene rings is 2. The van der Waals surface area contributed by atoms with Gasteiger partial charge < -0.3 is 25.6 Å². The first-order chi connectivity index (χ1) is 22.2. The topological polar surface area (TPSA) is 142 Å². The van der Waals surface area contributed by atoms with Crippen molar-refractivity contribution in [2.24, 2.45) is 11.7 Å². The Morgan fingerprint density at radius 2 is 1.91 bits per heavy atom. The Kier molecular flexibility index (Phi) is 7.21. The molecule has 3 heterocycles. The van der Waals surface area contributed by atoms with Crippen LogP contribution < -0.4 is 20.5 Å². The number of carbonyl (C=O) groups is 2. The van der Waals surface area contributed by atoms with Crippen LogP contribution in [0, 0.1) is 5.92 Å². The zero-order valence-electron chi connectivity index (χ0n) is 25.4. The molecule has 2 fully saturated rings. The fourth-order valence-corrected chi connectivity index (χ4v) is 6.39. The van der Waals surface area contributed by atoms with Crippen LogP contribution in [0.3, 0.4) is 0 Å². The Hall–Kier alpha value is -4.36. The van der Waals surface area contributed by atoms with E-state index >= 15 is 0 Å². The molecular weight excluding hydrogens is 639 g/mol. The number of methoxy groups -OCH3 is 1. The van der Waals surface area contributed by atoms with Gasteiger partial charge in [-0.25, -0.2) is 4.98 Å². The van der Waals surface area contributed by atoms with Crippen molar-refractivity contribution in [3.63, 3.8) is 0 Å². The Morgan fingerprint density at radius 3 is 2.55 bits per heavy atom. The van der Waals surface area contributed by atoms with Gasteiger partial charge in [0.1, 0.15) is 40.3 Å². The van der Waals surface area contributed by atoms with Gasteiger partial charge >= 0.3 is 6.18 Å². The molecule has 2 aromatic heterocycles. The Balaban J connectivity index is 1.28. The van der Waals surface area contributed by atoms with Crippen LogP contribution in [0.25, 0.3) is 22.2 Å². The van der Waals surface area contributed by atoms with Crippen LogP contribution in [0.15, 0.2) is 42.6 Å². The van der Waals surface area contributed by atoms with Crippen molar-refractivity contribution in [2.45, 2.75) is 55.8 Å². The summed E-state index contributed by atoms with van der Waals surface area (Å²) in [6.07, 6.45) is 0.463. The predicted molar refractivity (Wildman–Crippen MR) is 165 cm³/mol. The lowest BCUT2D eigenvalue weighted by Gasteiger charge is -2.30. The molecule has 2 atom stereocenters. The molecule has 0 spiro atoms. The number of nitrogens with two attached hydrogens (primary N) is 1. The van der Waals surface area contributed by atoms with E-state index in [1.54, 1.807) is 19.1 Å². The standard InChI is InChI=1S/C33H31ClF3N5O5/c1-31(30(38)44)15-47-28-23(31)12-25(40-27(28)16-8-20(33(35,36)37)11-21(34)9-16)32(45,19-3-4-19)14-39-29(43)17-7-18-13-42(22-5-6-22)41-26(18)24(10-17)46-2/h7-13,19,22,45H,3-6,14-15H2,1-2H3,(H2,38,44)(H,39,43)/t31-,32+/m0/s1. The van der Waals surface area contributed by atoms with Gasteiger partial charge in [0, 0.05) is 33.3 Å². The summed E-state index contributed by atoms with van der Waals surface area (Å²) < 4.78 is 54.6. The van der Waals surface area contributed by atoms with E-state index in [4.69, 9.17) is 26.8 Å². The molecule has 10 nitrogen and oxygen atoms in total. The molecule has 0 radical (unpaired) electrons. The SMILES string of the molecule is COc1cc(C(=O)NC[C@](O)(c2cc3c(c(-c4cc(Cl)cc(C(F)(F)F)c4)n2)OC[C@]3(C)C(N)=O)C2CC2)cc2cn(C3CC3)nc12. The number of aromatic nitrogens is 3. The zero-order valence-corrected chi connectivity index (χ0v) is 26.2. The molecule has 47 heavy (non-hydrogen) atoms. The van der Waals surface area contributed by atoms with Gasteiger partial charge in [-0.15, -0.1) is 0 Å². The van der Waals surface area contributed by atoms with Crippen molar-refractivity contribution < 1.29 is 37.3 Å². The third-order valence-corrected chi connectivity index (χ3v) is 9.54. The third kappa shape index (κ3) is 5.44. The monoisotopic (exact) mass is 669 g/mol. The van der Waals surface area contributed by atoms with Gasteiger partial charge in [-0.2, -0.15) is 18.3 Å². The summed E-state index contributed by atoms with van der Waals surface area (Å²) >= 11 is 6.12. The molecule has 2 aliphatic carbocycles.